The highest BCUT2D eigenvalue weighted by Gasteiger charge is 2.31. The number of nitrogens with one attached hydrogen (secondary N) is 1. The monoisotopic (exact) mass is 345 g/mol. The Labute approximate surface area is 151 Å². The third-order valence-corrected chi connectivity index (χ3v) is 7.07. The van der Waals surface area contributed by atoms with Gasteiger partial charge in [-0.2, -0.15) is 11.8 Å². The van der Waals surface area contributed by atoms with E-state index in [0.717, 1.165) is 12.6 Å². The second-order valence-corrected chi connectivity index (χ2v) is 8.90. The third-order valence-electron chi connectivity index (χ3n) is 6.12. The van der Waals surface area contributed by atoms with E-state index >= 15 is 0 Å². The van der Waals surface area contributed by atoms with Gasteiger partial charge in [-0.05, 0) is 56.3 Å². The highest BCUT2D eigenvalue weighted by Crippen LogP contribution is 2.30. The van der Waals surface area contributed by atoms with Gasteiger partial charge in [0.25, 0.3) is 0 Å². The largest absolute Gasteiger partial charge is 0.382 e. The van der Waals surface area contributed by atoms with E-state index < -0.39 is 0 Å². The first-order valence-electron chi connectivity index (χ1n) is 9.69. The summed E-state index contributed by atoms with van der Waals surface area (Å²) in [5.74, 6) is 2.58. The van der Waals surface area contributed by atoms with Crippen LogP contribution < -0.4 is 5.32 Å². The van der Waals surface area contributed by atoms with Crippen LogP contribution in [0.4, 0.5) is 5.69 Å². The van der Waals surface area contributed by atoms with Crippen molar-refractivity contribution in [1.29, 1.82) is 0 Å². The normalized spacial score (nSPS) is 28.7. The fraction of sp³-hybridized carbons (Fsp3) is 0.700. The molecule has 0 aromatic heterocycles. The second kappa shape index (κ2) is 7.67. The summed E-state index contributed by atoms with van der Waals surface area (Å²) in [4.78, 5) is 5.31. The van der Waals surface area contributed by atoms with E-state index in [1.165, 1.54) is 80.2 Å². The first-order chi connectivity index (χ1) is 11.8. The highest BCUT2D eigenvalue weighted by atomic mass is 32.2. The molecule has 1 aromatic carbocycles. The number of fused-ring (bicyclic) bond motifs is 1. The summed E-state index contributed by atoms with van der Waals surface area (Å²) < 4.78 is 0. The van der Waals surface area contributed by atoms with Gasteiger partial charge in [0.15, 0.2) is 0 Å². The maximum Gasteiger partial charge on any atom is 0.0375 e. The standard InChI is InChI=1S/C20H31N3S/c1-16-17(15-22-10-12-24-13-11-22)4-2-6-20(16)21-18-7-9-23-8-3-5-19(23)14-18/h2,4,6,18-19,21H,3,5,7-15H2,1H3/t18-,19-/m1/s1. The average Bonchev–Trinajstić information content (AvgIpc) is 3.07. The van der Waals surface area contributed by atoms with Crippen LogP contribution in [0.5, 0.6) is 0 Å². The van der Waals surface area contributed by atoms with Crippen molar-refractivity contribution >= 4 is 17.4 Å². The molecule has 0 unspecified atom stereocenters. The van der Waals surface area contributed by atoms with Crippen molar-refractivity contribution in [3.05, 3.63) is 29.3 Å². The van der Waals surface area contributed by atoms with Crippen LogP contribution in [0.3, 0.4) is 0 Å². The molecular formula is C20H31N3S. The maximum atomic E-state index is 3.89. The lowest BCUT2D eigenvalue weighted by Gasteiger charge is -2.36. The Kier molecular flexibility index (Phi) is 5.35. The summed E-state index contributed by atoms with van der Waals surface area (Å²) in [5.41, 5.74) is 4.34. The zero-order valence-corrected chi connectivity index (χ0v) is 15.8. The molecule has 3 aliphatic heterocycles. The summed E-state index contributed by atoms with van der Waals surface area (Å²) in [6.07, 6.45) is 5.43. The summed E-state index contributed by atoms with van der Waals surface area (Å²) >= 11 is 2.09. The molecule has 0 bridgehead atoms. The van der Waals surface area contributed by atoms with Gasteiger partial charge < -0.3 is 10.2 Å². The van der Waals surface area contributed by atoms with Gasteiger partial charge in [0.1, 0.15) is 0 Å². The zero-order chi connectivity index (χ0) is 16.4. The fourth-order valence-corrected chi connectivity index (χ4v) is 5.57. The molecule has 0 radical (unpaired) electrons. The predicted octanol–water partition coefficient (Wildman–Crippen LogP) is 3.58. The van der Waals surface area contributed by atoms with Crippen molar-refractivity contribution in [2.75, 3.05) is 43.0 Å². The summed E-state index contributed by atoms with van der Waals surface area (Å²) in [6, 6.07) is 8.34. The van der Waals surface area contributed by atoms with Crippen molar-refractivity contribution in [3.8, 4) is 0 Å². The molecule has 0 aliphatic carbocycles. The topological polar surface area (TPSA) is 18.5 Å². The number of nitrogens with zero attached hydrogens (tertiary/aromatic N) is 2. The van der Waals surface area contributed by atoms with Gasteiger partial charge in [-0.25, -0.2) is 0 Å². The van der Waals surface area contributed by atoms with Crippen LogP contribution in [0, 0.1) is 6.92 Å². The van der Waals surface area contributed by atoms with E-state index in [9.17, 15) is 0 Å². The van der Waals surface area contributed by atoms with E-state index in [2.05, 4.69) is 52.0 Å². The Morgan fingerprint density at radius 1 is 1.12 bits per heavy atom. The first-order valence-corrected chi connectivity index (χ1v) is 10.8. The van der Waals surface area contributed by atoms with Gasteiger partial charge >= 0.3 is 0 Å². The van der Waals surface area contributed by atoms with Crippen LogP contribution in [0.15, 0.2) is 18.2 Å². The lowest BCUT2D eigenvalue weighted by Crippen LogP contribution is -2.42. The maximum absolute atomic E-state index is 3.89. The molecule has 0 spiro atoms. The summed E-state index contributed by atoms with van der Waals surface area (Å²) in [5, 5.41) is 3.89. The smallest absolute Gasteiger partial charge is 0.0375 e. The van der Waals surface area contributed by atoms with Crippen molar-refractivity contribution < 1.29 is 0 Å². The van der Waals surface area contributed by atoms with Crippen molar-refractivity contribution in [3.63, 3.8) is 0 Å². The Morgan fingerprint density at radius 2 is 2.00 bits per heavy atom. The molecule has 132 valence electrons. The van der Waals surface area contributed by atoms with Crippen LogP contribution in [0.2, 0.25) is 0 Å². The summed E-state index contributed by atoms with van der Waals surface area (Å²) in [7, 11) is 0. The molecule has 1 aromatic rings. The average molecular weight is 346 g/mol. The number of anilines is 1. The van der Waals surface area contributed by atoms with E-state index in [1.807, 2.05) is 0 Å². The van der Waals surface area contributed by atoms with Gasteiger partial charge in [0.2, 0.25) is 0 Å². The summed E-state index contributed by atoms with van der Waals surface area (Å²) in [6.45, 7) is 8.51. The number of piperidine rings is 1. The van der Waals surface area contributed by atoms with E-state index in [1.54, 1.807) is 0 Å². The molecule has 24 heavy (non-hydrogen) atoms. The Balaban J connectivity index is 1.40. The van der Waals surface area contributed by atoms with Gasteiger partial charge in [-0.3, -0.25) is 4.90 Å². The molecule has 3 heterocycles. The molecule has 4 rings (SSSR count). The van der Waals surface area contributed by atoms with Crippen molar-refractivity contribution in [1.82, 2.24) is 9.80 Å². The first kappa shape index (κ1) is 16.7. The highest BCUT2D eigenvalue weighted by molar-refractivity contribution is 7.99. The van der Waals surface area contributed by atoms with E-state index in [0.29, 0.717) is 6.04 Å². The minimum atomic E-state index is 0.657. The number of hydrogen-bond donors (Lipinski definition) is 1. The molecule has 3 fully saturated rings. The lowest BCUT2D eigenvalue weighted by molar-refractivity contribution is 0.188. The fourth-order valence-electron chi connectivity index (χ4n) is 4.59. The quantitative estimate of drug-likeness (QED) is 0.898. The molecule has 1 N–H and O–H groups in total. The zero-order valence-electron chi connectivity index (χ0n) is 15.0. The van der Waals surface area contributed by atoms with E-state index in [-0.39, 0.29) is 0 Å². The van der Waals surface area contributed by atoms with Crippen molar-refractivity contribution in [2.24, 2.45) is 0 Å². The molecule has 2 atom stereocenters. The number of thioether (sulfide) groups is 1. The van der Waals surface area contributed by atoms with Gasteiger partial charge in [-0.15, -0.1) is 0 Å². The lowest BCUT2D eigenvalue weighted by atomic mass is 9.96. The second-order valence-electron chi connectivity index (χ2n) is 7.68. The number of rotatable bonds is 4. The van der Waals surface area contributed by atoms with Gasteiger partial charge in [-0.1, -0.05) is 12.1 Å². The number of hydrogen-bond acceptors (Lipinski definition) is 4. The predicted molar refractivity (Wildman–Crippen MR) is 105 cm³/mol. The molecule has 0 amide bonds. The van der Waals surface area contributed by atoms with Gasteiger partial charge in [0, 0.05) is 55.5 Å². The van der Waals surface area contributed by atoms with Crippen LogP contribution in [-0.2, 0) is 6.54 Å². The third kappa shape index (κ3) is 3.76. The molecule has 4 heteroatoms. The van der Waals surface area contributed by atoms with Crippen LogP contribution in [0.1, 0.15) is 36.8 Å². The molecular weight excluding hydrogens is 314 g/mol. The molecule has 3 aliphatic rings. The van der Waals surface area contributed by atoms with Crippen molar-refractivity contribution in [2.45, 2.75) is 51.2 Å². The Bertz CT molecular complexity index is 556. The molecule has 3 saturated heterocycles. The van der Waals surface area contributed by atoms with Crippen LogP contribution in [-0.4, -0.2) is 59.6 Å². The molecule has 0 saturated carbocycles. The molecule has 3 nitrogen and oxygen atoms in total. The van der Waals surface area contributed by atoms with Crippen LogP contribution in [0.25, 0.3) is 0 Å². The SMILES string of the molecule is Cc1c(CN2CCSCC2)cccc1N[C@@H]1CCN2CCC[C@@H]2C1. The Morgan fingerprint density at radius 3 is 2.88 bits per heavy atom. The minimum Gasteiger partial charge on any atom is -0.382 e. The van der Waals surface area contributed by atoms with E-state index in [4.69, 9.17) is 0 Å². The Hall–Kier alpha value is -0.710. The minimum absolute atomic E-state index is 0.657. The van der Waals surface area contributed by atoms with Gasteiger partial charge in [0.05, 0.1) is 0 Å². The number of benzene rings is 1. The van der Waals surface area contributed by atoms with Crippen LogP contribution >= 0.6 is 11.8 Å².